The van der Waals surface area contributed by atoms with Crippen LogP contribution in [-0.2, 0) is 0 Å². The van der Waals surface area contributed by atoms with Gasteiger partial charge in [0.25, 0.3) is 11.8 Å². The van der Waals surface area contributed by atoms with Gasteiger partial charge >= 0.3 is 0 Å². The molecule has 0 unspecified atom stereocenters. The van der Waals surface area contributed by atoms with E-state index in [1.54, 1.807) is 40.4 Å². The number of nitrogens with zero attached hydrogens (tertiary/aromatic N) is 3. The molecule has 3 aromatic rings. The van der Waals surface area contributed by atoms with Gasteiger partial charge in [0.2, 0.25) is 0 Å². The van der Waals surface area contributed by atoms with Gasteiger partial charge in [-0.25, -0.2) is 0 Å². The zero-order valence-corrected chi connectivity index (χ0v) is 16.2. The highest BCUT2D eigenvalue weighted by molar-refractivity contribution is 5.95. The van der Waals surface area contributed by atoms with Crippen LogP contribution in [0, 0.1) is 6.92 Å². The Morgan fingerprint density at radius 2 is 1.69 bits per heavy atom. The van der Waals surface area contributed by atoms with Crippen LogP contribution >= 0.6 is 0 Å². The van der Waals surface area contributed by atoms with Crippen LogP contribution in [0.5, 0.6) is 0 Å². The number of aryl methyl sites for hydroxylation is 1. The molecular weight excluding hydrogens is 368 g/mol. The van der Waals surface area contributed by atoms with Crippen LogP contribution in [0.15, 0.2) is 65.5 Å². The number of nitrogens with one attached hydrogen (secondary N) is 1. The molecule has 1 fully saturated rings. The van der Waals surface area contributed by atoms with Crippen molar-refractivity contribution in [3.8, 4) is 0 Å². The topological polar surface area (TPSA) is 78.7 Å². The molecule has 1 aliphatic heterocycles. The van der Waals surface area contributed by atoms with Gasteiger partial charge < -0.3 is 19.5 Å². The standard InChI is InChI=1S/C22H22N4O3/c1-16-4-2-5-18(12-16)24-19-13-17(14-23-15-19)21(27)25-7-9-26(10-8-25)22(28)20-6-3-11-29-20/h2-6,11-15,24H,7-10H2,1H3. The summed E-state index contributed by atoms with van der Waals surface area (Å²) >= 11 is 0. The SMILES string of the molecule is Cc1cccc(Nc2cncc(C(=O)N3CCN(C(=O)c4ccco4)CC3)c2)c1. The summed E-state index contributed by atoms with van der Waals surface area (Å²) in [5, 5.41) is 3.28. The number of furan rings is 1. The lowest BCUT2D eigenvalue weighted by Crippen LogP contribution is -2.50. The van der Waals surface area contributed by atoms with Gasteiger partial charge in [-0.2, -0.15) is 0 Å². The van der Waals surface area contributed by atoms with Gasteiger partial charge in [-0.1, -0.05) is 12.1 Å². The maximum atomic E-state index is 12.9. The highest BCUT2D eigenvalue weighted by Gasteiger charge is 2.26. The third-order valence-electron chi connectivity index (χ3n) is 4.88. The first-order chi connectivity index (χ1) is 14.1. The van der Waals surface area contributed by atoms with E-state index in [2.05, 4.69) is 10.3 Å². The van der Waals surface area contributed by atoms with Gasteiger partial charge in [0.1, 0.15) is 0 Å². The highest BCUT2D eigenvalue weighted by Crippen LogP contribution is 2.19. The van der Waals surface area contributed by atoms with Gasteiger partial charge in [0, 0.05) is 38.1 Å². The molecule has 1 N–H and O–H groups in total. The van der Waals surface area contributed by atoms with Crippen LogP contribution in [-0.4, -0.2) is 52.8 Å². The molecule has 1 aliphatic rings. The molecule has 2 amide bonds. The number of anilines is 2. The van der Waals surface area contributed by atoms with Crippen molar-refractivity contribution >= 4 is 23.2 Å². The molecular formula is C22H22N4O3. The van der Waals surface area contributed by atoms with Gasteiger partial charge in [-0.05, 0) is 42.8 Å². The summed E-state index contributed by atoms with van der Waals surface area (Å²) in [7, 11) is 0. The number of hydrogen-bond acceptors (Lipinski definition) is 5. The summed E-state index contributed by atoms with van der Waals surface area (Å²) in [6, 6.07) is 13.2. The van der Waals surface area contributed by atoms with Crippen molar-refractivity contribution in [1.29, 1.82) is 0 Å². The lowest BCUT2D eigenvalue weighted by Gasteiger charge is -2.34. The predicted molar refractivity (Wildman–Crippen MR) is 109 cm³/mol. The molecule has 0 bridgehead atoms. The molecule has 0 atom stereocenters. The third-order valence-corrected chi connectivity index (χ3v) is 4.88. The Morgan fingerprint density at radius 3 is 2.38 bits per heavy atom. The van der Waals surface area contributed by atoms with Crippen LogP contribution in [0.3, 0.4) is 0 Å². The van der Waals surface area contributed by atoms with Gasteiger partial charge in [-0.15, -0.1) is 0 Å². The lowest BCUT2D eigenvalue weighted by atomic mass is 10.2. The van der Waals surface area contributed by atoms with E-state index in [9.17, 15) is 9.59 Å². The van der Waals surface area contributed by atoms with E-state index in [4.69, 9.17) is 4.42 Å². The number of amides is 2. The lowest BCUT2D eigenvalue weighted by molar-refractivity contribution is 0.0518. The molecule has 0 aliphatic carbocycles. The van der Waals surface area contributed by atoms with Gasteiger partial charge in [0.15, 0.2) is 5.76 Å². The summed E-state index contributed by atoms with van der Waals surface area (Å²) in [5.41, 5.74) is 3.38. The highest BCUT2D eigenvalue weighted by atomic mass is 16.3. The maximum Gasteiger partial charge on any atom is 0.289 e. The molecule has 0 radical (unpaired) electrons. The Balaban J connectivity index is 1.39. The average molecular weight is 390 g/mol. The summed E-state index contributed by atoms with van der Waals surface area (Å²) in [6.45, 7) is 3.92. The van der Waals surface area contributed by atoms with E-state index in [-0.39, 0.29) is 11.8 Å². The smallest absolute Gasteiger partial charge is 0.289 e. The number of piperazine rings is 1. The Bertz CT molecular complexity index is 1010. The van der Waals surface area contributed by atoms with Crippen LogP contribution in [0.2, 0.25) is 0 Å². The summed E-state index contributed by atoms with van der Waals surface area (Å²) in [5.74, 6) is 0.0903. The normalized spacial score (nSPS) is 14.0. The van der Waals surface area contributed by atoms with Crippen molar-refractivity contribution < 1.29 is 14.0 Å². The predicted octanol–water partition coefficient (Wildman–Crippen LogP) is 3.32. The minimum Gasteiger partial charge on any atom is -0.459 e. The summed E-state index contributed by atoms with van der Waals surface area (Å²) < 4.78 is 5.17. The second-order valence-corrected chi connectivity index (χ2v) is 7.02. The molecule has 7 nitrogen and oxygen atoms in total. The number of benzene rings is 1. The quantitative estimate of drug-likeness (QED) is 0.739. The maximum absolute atomic E-state index is 12.9. The van der Waals surface area contributed by atoms with Crippen molar-refractivity contribution in [2.75, 3.05) is 31.5 Å². The number of pyridine rings is 1. The Kier molecular flexibility index (Phi) is 5.29. The second kappa shape index (κ2) is 8.18. The van der Waals surface area contributed by atoms with Crippen LogP contribution in [0.1, 0.15) is 26.5 Å². The van der Waals surface area contributed by atoms with E-state index in [1.807, 2.05) is 31.2 Å². The Hall–Kier alpha value is -3.61. The monoisotopic (exact) mass is 390 g/mol. The Morgan fingerprint density at radius 1 is 0.931 bits per heavy atom. The zero-order chi connectivity index (χ0) is 20.2. The number of aromatic nitrogens is 1. The molecule has 0 spiro atoms. The first-order valence-electron chi connectivity index (χ1n) is 9.51. The largest absolute Gasteiger partial charge is 0.459 e. The average Bonchev–Trinajstić information content (AvgIpc) is 3.28. The first kappa shape index (κ1) is 18.7. The van der Waals surface area contributed by atoms with Crippen LogP contribution < -0.4 is 5.32 Å². The molecule has 1 aromatic carbocycles. The molecule has 4 rings (SSSR count). The molecule has 148 valence electrons. The zero-order valence-electron chi connectivity index (χ0n) is 16.2. The fraction of sp³-hybridized carbons (Fsp3) is 0.227. The molecule has 2 aromatic heterocycles. The van der Waals surface area contributed by atoms with Gasteiger partial charge in [-0.3, -0.25) is 14.6 Å². The fourth-order valence-corrected chi connectivity index (χ4v) is 3.37. The number of hydrogen-bond donors (Lipinski definition) is 1. The number of carbonyl (C=O) groups is 2. The molecule has 3 heterocycles. The van der Waals surface area contributed by atoms with Crippen molar-refractivity contribution in [2.24, 2.45) is 0 Å². The van der Waals surface area contributed by atoms with Crippen molar-refractivity contribution in [3.05, 3.63) is 78.0 Å². The van der Waals surface area contributed by atoms with Crippen LogP contribution in [0.4, 0.5) is 11.4 Å². The minimum atomic E-state index is -0.145. The van der Waals surface area contributed by atoms with E-state index in [0.717, 1.165) is 16.9 Å². The molecule has 0 saturated carbocycles. The van der Waals surface area contributed by atoms with Crippen molar-refractivity contribution in [1.82, 2.24) is 14.8 Å². The van der Waals surface area contributed by atoms with Gasteiger partial charge in [0.05, 0.1) is 23.7 Å². The van der Waals surface area contributed by atoms with E-state index < -0.39 is 0 Å². The molecule has 1 saturated heterocycles. The third kappa shape index (κ3) is 4.29. The second-order valence-electron chi connectivity index (χ2n) is 7.02. The molecule has 29 heavy (non-hydrogen) atoms. The fourth-order valence-electron chi connectivity index (χ4n) is 3.37. The minimum absolute atomic E-state index is 0.0875. The summed E-state index contributed by atoms with van der Waals surface area (Å²) in [4.78, 5) is 32.9. The van der Waals surface area contributed by atoms with E-state index >= 15 is 0 Å². The first-order valence-corrected chi connectivity index (χ1v) is 9.51. The van der Waals surface area contributed by atoms with E-state index in [0.29, 0.717) is 37.5 Å². The summed E-state index contributed by atoms with van der Waals surface area (Å²) in [6.07, 6.45) is 4.75. The van der Waals surface area contributed by atoms with Crippen molar-refractivity contribution in [2.45, 2.75) is 6.92 Å². The van der Waals surface area contributed by atoms with Crippen molar-refractivity contribution in [3.63, 3.8) is 0 Å². The van der Waals surface area contributed by atoms with Crippen LogP contribution in [0.25, 0.3) is 0 Å². The van der Waals surface area contributed by atoms with E-state index in [1.165, 1.54) is 6.26 Å². The molecule has 7 heteroatoms. The number of carbonyl (C=O) groups excluding carboxylic acids is 2. The number of rotatable bonds is 4. The Labute approximate surface area is 169 Å².